The van der Waals surface area contributed by atoms with Crippen molar-refractivity contribution in [1.82, 2.24) is 0 Å². The molecule has 29 heavy (non-hydrogen) atoms. The summed E-state index contributed by atoms with van der Waals surface area (Å²) in [5.41, 5.74) is 2.46. The molecular weight excluding hydrogens is 411 g/mol. The first-order valence-electron chi connectivity index (χ1n) is 9.61. The van der Waals surface area contributed by atoms with E-state index in [9.17, 15) is 9.90 Å². The van der Waals surface area contributed by atoms with Gasteiger partial charge in [-0.05, 0) is 73.6 Å². The fourth-order valence-corrected chi connectivity index (χ4v) is 4.67. The van der Waals surface area contributed by atoms with E-state index in [0.717, 1.165) is 29.5 Å². The Morgan fingerprint density at radius 1 is 1.10 bits per heavy atom. The lowest BCUT2D eigenvalue weighted by molar-refractivity contribution is -0.151. The van der Waals surface area contributed by atoms with E-state index in [0.29, 0.717) is 28.5 Å². The number of esters is 1. The molecule has 1 aliphatic carbocycles. The highest BCUT2D eigenvalue weighted by atomic mass is 35.5. The third-order valence-corrected chi connectivity index (χ3v) is 6.54. The van der Waals surface area contributed by atoms with Gasteiger partial charge in [0.1, 0.15) is 5.57 Å². The summed E-state index contributed by atoms with van der Waals surface area (Å²) in [6.07, 6.45) is 2.68. The van der Waals surface area contributed by atoms with E-state index in [1.165, 1.54) is 0 Å². The zero-order valence-corrected chi connectivity index (χ0v) is 17.8. The lowest BCUT2D eigenvalue weighted by Gasteiger charge is -2.35. The molecule has 152 valence electrons. The summed E-state index contributed by atoms with van der Waals surface area (Å²) >= 11 is 12.5. The van der Waals surface area contributed by atoms with Gasteiger partial charge in [-0.2, -0.15) is 0 Å². The fourth-order valence-electron chi connectivity index (χ4n) is 4.27. The standard InChI is InChI=1S/C23H22Cl2O4/c1-13-11-18(14-3-5-15(24)6-4-14)19(25)12-17(13)20-21(26)23(29-22(20)27)9-7-16(28-2)8-10-23/h3-6,11-12,16,26H,7-10H2,1-2H3. The molecular formula is C23H22Cl2O4. The second kappa shape index (κ2) is 7.67. The number of aliphatic hydroxyl groups is 1. The smallest absolute Gasteiger partial charge is 0.343 e. The average molecular weight is 433 g/mol. The van der Waals surface area contributed by atoms with Gasteiger partial charge >= 0.3 is 5.97 Å². The number of aryl methyl sites for hydroxylation is 1. The minimum Gasteiger partial charge on any atom is -0.507 e. The second-order valence-electron chi connectivity index (χ2n) is 7.70. The number of halogens is 2. The van der Waals surface area contributed by atoms with Crippen molar-refractivity contribution in [3.8, 4) is 11.1 Å². The summed E-state index contributed by atoms with van der Waals surface area (Å²) in [6, 6.07) is 11.0. The number of benzene rings is 2. The third kappa shape index (κ3) is 3.54. The molecule has 1 saturated carbocycles. The lowest BCUT2D eigenvalue weighted by Crippen LogP contribution is -2.38. The van der Waals surface area contributed by atoms with Crippen LogP contribution in [-0.2, 0) is 14.3 Å². The molecule has 1 N–H and O–H groups in total. The number of hydrogen-bond donors (Lipinski definition) is 1. The van der Waals surface area contributed by atoms with Crippen molar-refractivity contribution in [2.45, 2.75) is 44.3 Å². The van der Waals surface area contributed by atoms with E-state index in [-0.39, 0.29) is 17.4 Å². The molecule has 1 heterocycles. The molecule has 1 spiro atoms. The first-order valence-corrected chi connectivity index (χ1v) is 10.4. The van der Waals surface area contributed by atoms with Crippen LogP contribution in [0.25, 0.3) is 16.7 Å². The molecule has 2 aromatic carbocycles. The topological polar surface area (TPSA) is 55.8 Å². The minimum absolute atomic E-state index is 0.00969. The highest BCUT2D eigenvalue weighted by Crippen LogP contribution is 2.47. The van der Waals surface area contributed by atoms with Gasteiger partial charge < -0.3 is 14.6 Å². The summed E-state index contributed by atoms with van der Waals surface area (Å²) in [7, 11) is 1.68. The maximum atomic E-state index is 12.7. The van der Waals surface area contributed by atoms with Gasteiger partial charge in [-0.3, -0.25) is 0 Å². The molecule has 0 radical (unpaired) electrons. The van der Waals surface area contributed by atoms with Crippen LogP contribution in [0.4, 0.5) is 0 Å². The van der Waals surface area contributed by atoms with Crippen LogP contribution >= 0.6 is 23.2 Å². The monoisotopic (exact) mass is 432 g/mol. The highest BCUT2D eigenvalue weighted by molar-refractivity contribution is 6.34. The predicted molar refractivity (Wildman–Crippen MR) is 114 cm³/mol. The summed E-state index contributed by atoms with van der Waals surface area (Å²) in [6.45, 7) is 1.89. The molecule has 0 unspecified atom stereocenters. The van der Waals surface area contributed by atoms with Crippen molar-refractivity contribution < 1.29 is 19.4 Å². The predicted octanol–water partition coefficient (Wildman–Crippen LogP) is 6.12. The Kier molecular flexibility index (Phi) is 5.36. The summed E-state index contributed by atoms with van der Waals surface area (Å²) in [5, 5.41) is 12.2. The Labute approximate surface area is 180 Å². The van der Waals surface area contributed by atoms with E-state index < -0.39 is 11.6 Å². The van der Waals surface area contributed by atoms with E-state index in [1.54, 1.807) is 25.3 Å². The van der Waals surface area contributed by atoms with E-state index in [1.807, 2.05) is 25.1 Å². The zero-order chi connectivity index (χ0) is 20.8. The molecule has 0 bridgehead atoms. The van der Waals surface area contributed by atoms with E-state index in [2.05, 4.69) is 0 Å². The maximum Gasteiger partial charge on any atom is 0.343 e. The van der Waals surface area contributed by atoms with Gasteiger partial charge in [-0.25, -0.2) is 4.79 Å². The number of ether oxygens (including phenoxy) is 2. The second-order valence-corrected chi connectivity index (χ2v) is 8.54. The van der Waals surface area contributed by atoms with Gasteiger partial charge in [0, 0.05) is 22.7 Å². The summed E-state index contributed by atoms with van der Waals surface area (Å²) < 4.78 is 11.1. The van der Waals surface area contributed by atoms with Crippen LogP contribution in [0.3, 0.4) is 0 Å². The molecule has 2 aromatic rings. The fraction of sp³-hybridized carbons (Fsp3) is 0.348. The maximum absolute atomic E-state index is 12.7. The highest BCUT2D eigenvalue weighted by Gasteiger charge is 2.50. The zero-order valence-electron chi connectivity index (χ0n) is 16.3. The van der Waals surface area contributed by atoms with Gasteiger partial charge in [0.2, 0.25) is 0 Å². The van der Waals surface area contributed by atoms with Crippen molar-refractivity contribution in [2.75, 3.05) is 7.11 Å². The van der Waals surface area contributed by atoms with Crippen molar-refractivity contribution >= 4 is 34.7 Å². The number of carbonyl (C=O) groups is 1. The van der Waals surface area contributed by atoms with Gasteiger partial charge in [0.25, 0.3) is 0 Å². The van der Waals surface area contributed by atoms with Gasteiger partial charge in [-0.15, -0.1) is 0 Å². The number of rotatable bonds is 3. The van der Waals surface area contributed by atoms with Crippen molar-refractivity contribution in [2.24, 2.45) is 0 Å². The van der Waals surface area contributed by atoms with Crippen LogP contribution < -0.4 is 0 Å². The lowest BCUT2D eigenvalue weighted by atomic mass is 9.81. The molecule has 1 aliphatic heterocycles. The molecule has 4 rings (SSSR count). The first kappa shape index (κ1) is 20.3. The molecule has 0 atom stereocenters. The average Bonchev–Trinajstić information content (AvgIpc) is 2.94. The third-order valence-electron chi connectivity index (χ3n) is 5.97. The first-order chi connectivity index (χ1) is 13.8. The minimum atomic E-state index is -0.949. The van der Waals surface area contributed by atoms with Crippen molar-refractivity contribution in [3.63, 3.8) is 0 Å². The van der Waals surface area contributed by atoms with Crippen molar-refractivity contribution in [1.29, 1.82) is 0 Å². The number of hydrogen-bond acceptors (Lipinski definition) is 4. The summed E-state index contributed by atoms with van der Waals surface area (Å²) in [5.74, 6) is -0.493. The van der Waals surface area contributed by atoms with Crippen LogP contribution in [0.15, 0.2) is 42.2 Å². The van der Waals surface area contributed by atoms with Gasteiger partial charge in [0.15, 0.2) is 11.4 Å². The molecule has 4 nitrogen and oxygen atoms in total. The number of aliphatic hydroxyl groups excluding tert-OH is 1. The van der Waals surface area contributed by atoms with Crippen LogP contribution in [0.5, 0.6) is 0 Å². The Balaban J connectivity index is 1.73. The van der Waals surface area contributed by atoms with E-state index in [4.69, 9.17) is 32.7 Å². The SMILES string of the molecule is COC1CCC2(CC1)OC(=O)C(c1cc(Cl)c(-c3ccc(Cl)cc3)cc1C)=C2O. The summed E-state index contributed by atoms with van der Waals surface area (Å²) in [4.78, 5) is 12.7. The van der Waals surface area contributed by atoms with Crippen LogP contribution in [0, 0.1) is 6.92 Å². The van der Waals surface area contributed by atoms with Crippen LogP contribution in [0.1, 0.15) is 36.8 Å². The number of carbonyl (C=O) groups excluding carboxylic acids is 1. The van der Waals surface area contributed by atoms with E-state index >= 15 is 0 Å². The normalized spacial score (nSPS) is 24.3. The number of methoxy groups -OCH3 is 1. The molecule has 0 amide bonds. The quantitative estimate of drug-likeness (QED) is 0.593. The molecule has 1 fully saturated rings. The molecule has 0 saturated heterocycles. The van der Waals surface area contributed by atoms with Gasteiger partial charge in [0.05, 0.1) is 6.10 Å². The van der Waals surface area contributed by atoms with Crippen LogP contribution in [-0.4, -0.2) is 29.9 Å². The Bertz CT molecular complexity index is 987. The van der Waals surface area contributed by atoms with Gasteiger partial charge in [-0.1, -0.05) is 35.3 Å². The molecule has 2 aliphatic rings. The Morgan fingerprint density at radius 2 is 1.76 bits per heavy atom. The Morgan fingerprint density at radius 3 is 2.38 bits per heavy atom. The molecule has 0 aromatic heterocycles. The van der Waals surface area contributed by atoms with Crippen LogP contribution in [0.2, 0.25) is 10.0 Å². The largest absolute Gasteiger partial charge is 0.507 e. The molecule has 6 heteroatoms. The Hall–Kier alpha value is -2.01. The van der Waals surface area contributed by atoms with Crippen molar-refractivity contribution in [3.05, 3.63) is 63.3 Å².